The second kappa shape index (κ2) is 8.42. The molecule has 0 radical (unpaired) electrons. The van der Waals surface area contributed by atoms with Crippen molar-refractivity contribution in [3.63, 3.8) is 0 Å². The molecule has 0 aliphatic carbocycles. The summed E-state index contributed by atoms with van der Waals surface area (Å²) >= 11 is 0. The maximum atomic E-state index is 13.1. The molecule has 2 atom stereocenters. The van der Waals surface area contributed by atoms with Gasteiger partial charge in [0, 0.05) is 31.5 Å². The summed E-state index contributed by atoms with van der Waals surface area (Å²) in [5, 5.41) is 0. The van der Waals surface area contributed by atoms with Gasteiger partial charge in [0.05, 0.1) is 18.6 Å². The van der Waals surface area contributed by atoms with Gasteiger partial charge in [0.1, 0.15) is 17.2 Å². The molecule has 9 nitrogen and oxygen atoms in total. The number of alkyl halides is 2. The number of aromatic nitrogens is 5. The number of anilines is 1. The van der Waals surface area contributed by atoms with Crippen molar-refractivity contribution in [3.8, 4) is 11.5 Å². The van der Waals surface area contributed by atoms with Crippen molar-refractivity contribution >= 4 is 21.5 Å². The first-order chi connectivity index (χ1) is 14.7. The molecule has 1 N–H and O–H groups in total. The van der Waals surface area contributed by atoms with Gasteiger partial charge in [-0.2, -0.15) is 0 Å². The fourth-order valence-electron chi connectivity index (χ4n) is 3.80. The van der Waals surface area contributed by atoms with E-state index in [1.165, 1.54) is 23.0 Å². The van der Waals surface area contributed by atoms with Crippen LogP contribution in [-0.4, -0.2) is 58.1 Å². The van der Waals surface area contributed by atoms with Crippen molar-refractivity contribution in [2.75, 3.05) is 24.2 Å². The van der Waals surface area contributed by atoms with Crippen LogP contribution in [0.2, 0.25) is 0 Å². The molecule has 2 unspecified atom stereocenters. The van der Waals surface area contributed by atoms with Crippen LogP contribution in [0.15, 0.2) is 30.9 Å². The molecule has 166 valence electrons. The monoisotopic (exact) mass is 451 g/mol. The lowest BCUT2D eigenvalue weighted by atomic mass is 10.0. The number of imidazole rings is 1. The van der Waals surface area contributed by atoms with Gasteiger partial charge < -0.3 is 4.90 Å². The summed E-state index contributed by atoms with van der Waals surface area (Å²) < 4.78 is 53.8. The Balaban J connectivity index is 1.68. The highest BCUT2D eigenvalue weighted by Crippen LogP contribution is 2.25. The van der Waals surface area contributed by atoms with Crippen molar-refractivity contribution in [2.45, 2.75) is 32.2 Å². The molecule has 0 amide bonds. The van der Waals surface area contributed by atoms with Crippen LogP contribution < -0.4 is 9.62 Å². The van der Waals surface area contributed by atoms with Gasteiger partial charge in [0.2, 0.25) is 10.0 Å². The minimum absolute atomic E-state index is 0.228. The van der Waals surface area contributed by atoms with E-state index in [0.29, 0.717) is 42.0 Å². The van der Waals surface area contributed by atoms with Gasteiger partial charge in [-0.15, -0.1) is 0 Å². The third kappa shape index (κ3) is 4.96. The van der Waals surface area contributed by atoms with E-state index in [2.05, 4.69) is 31.6 Å². The summed E-state index contributed by atoms with van der Waals surface area (Å²) in [6, 6.07) is 1.53. The second-order valence-corrected chi connectivity index (χ2v) is 9.68. The largest absolute Gasteiger partial charge is 0.355 e. The third-order valence-corrected chi connectivity index (χ3v) is 5.96. The number of nitrogens with one attached hydrogen (secondary N) is 1. The molecule has 1 aliphatic rings. The molecule has 1 fully saturated rings. The Kier molecular flexibility index (Phi) is 5.84. The fraction of sp³-hybridized carbons (Fsp3) is 0.474. The van der Waals surface area contributed by atoms with Gasteiger partial charge in [0.25, 0.3) is 6.43 Å². The highest BCUT2D eigenvalue weighted by Gasteiger charge is 2.25. The maximum Gasteiger partial charge on any atom is 0.281 e. The van der Waals surface area contributed by atoms with Crippen LogP contribution in [0.1, 0.15) is 31.9 Å². The van der Waals surface area contributed by atoms with Gasteiger partial charge in [0.15, 0.2) is 11.5 Å². The highest BCUT2D eigenvalue weighted by molar-refractivity contribution is 7.88. The lowest BCUT2D eigenvalue weighted by Gasteiger charge is -2.26. The highest BCUT2D eigenvalue weighted by atomic mass is 32.2. The number of hydrogen-bond acceptors (Lipinski definition) is 7. The molecule has 0 saturated carbocycles. The maximum absolute atomic E-state index is 13.1. The van der Waals surface area contributed by atoms with Crippen LogP contribution in [0.3, 0.4) is 0 Å². The molecular weight excluding hydrogens is 428 g/mol. The average Bonchev–Trinajstić information content (AvgIpc) is 3.05. The number of fused-ring (bicyclic) bond motifs is 1. The Bertz CT molecular complexity index is 1180. The molecule has 4 rings (SSSR count). The van der Waals surface area contributed by atoms with Crippen LogP contribution >= 0.6 is 0 Å². The summed E-state index contributed by atoms with van der Waals surface area (Å²) in [5.74, 6) is 1.32. The minimum atomic E-state index is -3.33. The van der Waals surface area contributed by atoms with Crippen molar-refractivity contribution in [1.82, 2.24) is 29.1 Å². The molecule has 3 aromatic rings. The summed E-state index contributed by atoms with van der Waals surface area (Å²) in [4.78, 5) is 18.9. The van der Waals surface area contributed by atoms with E-state index < -0.39 is 16.4 Å². The Labute approximate surface area is 178 Å². The summed E-state index contributed by atoms with van der Waals surface area (Å²) in [6.07, 6.45) is 5.71. The van der Waals surface area contributed by atoms with Crippen LogP contribution in [0.25, 0.3) is 17.2 Å². The smallest absolute Gasteiger partial charge is 0.281 e. The van der Waals surface area contributed by atoms with E-state index in [1.54, 1.807) is 12.3 Å². The van der Waals surface area contributed by atoms with E-state index >= 15 is 0 Å². The summed E-state index contributed by atoms with van der Waals surface area (Å²) in [7, 11) is -3.33. The van der Waals surface area contributed by atoms with E-state index in [-0.39, 0.29) is 11.7 Å². The first kappa shape index (κ1) is 21.5. The SMILES string of the molecule is CC1CCC(NS(C)(=O)=O)CN(c2ccnc(-c3cnc4cnc(C(F)F)cn34)n2)C1. The quantitative estimate of drug-likeness (QED) is 0.634. The zero-order valence-electron chi connectivity index (χ0n) is 17.1. The summed E-state index contributed by atoms with van der Waals surface area (Å²) in [5.41, 5.74) is 0.517. The van der Waals surface area contributed by atoms with Crippen molar-refractivity contribution in [2.24, 2.45) is 5.92 Å². The van der Waals surface area contributed by atoms with Gasteiger partial charge in [-0.3, -0.25) is 4.40 Å². The Hall–Kier alpha value is -2.73. The Morgan fingerprint density at radius 3 is 2.71 bits per heavy atom. The lowest BCUT2D eigenvalue weighted by molar-refractivity contribution is 0.145. The zero-order chi connectivity index (χ0) is 22.2. The van der Waals surface area contributed by atoms with E-state index in [4.69, 9.17) is 0 Å². The fourth-order valence-corrected chi connectivity index (χ4v) is 4.60. The topological polar surface area (TPSA) is 105 Å². The van der Waals surface area contributed by atoms with Crippen molar-refractivity contribution in [1.29, 1.82) is 0 Å². The first-order valence-corrected chi connectivity index (χ1v) is 11.8. The molecule has 3 aromatic heterocycles. The van der Waals surface area contributed by atoms with Gasteiger partial charge in [-0.1, -0.05) is 6.92 Å². The van der Waals surface area contributed by atoms with Crippen LogP contribution in [0.5, 0.6) is 0 Å². The molecule has 31 heavy (non-hydrogen) atoms. The number of sulfonamides is 1. The van der Waals surface area contributed by atoms with Gasteiger partial charge >= 0.3 is 0 Å². The third-order valence-electron chi connectivity index (χ3n) is 5.19. The molecule has 0 bridgehead atoms. The van der Waals surface area contributed by atoms with E-state index in [9.17, 15) is 17.2 Å². The van der Waals surface area contributed by atoms with Crippen LogP contribution in [-0.2, 0) is 10.0 Å². The molecule has 1 aliphatic heterocycles. The zero-order valence-corrected chi connectivity index (χ0v) is 17.9. The average molecular weight is 452 g/mol. The van der Waals surface area contributed by atoms with Crippen molar-refractivity contribution < 1.29 is 17.2 Å². The number of halogens is 2. The standard InChI is InChI=1S/C19H23F2N7O2S/c1-12-3-4-13(26-31(2,29)30)10-27(9-12)16-5-6-22-19(25-16)15-7-24-17-8-23-14(18(20)21)11-28(15)17/h5-8,11-13,18,26H,3-4,9-10H2,1-2H3. The first-order valence-electron chi connectivity index (χ1n) is 9.86. The summed E-state index contributed by atoms with van der Waals surface area (Å²) in [6.45, 7) is 3.30. The van der Waals surface area contributed by atoms with E-state index in [0.717, 1.165) is 19.1 Å². The normalized spacial score (nSPS) is 20.4. The second-order valence-electron chi connectivity index (χ2n) is 7.90. The minimum Gasteiger partial charge on any atom is -0.355 e. The van der Waals surface area contributed by atoms with Crippen LogP contribution in [0, 0.1) is 5.92 Å². The molecule has 0 aromatic carbocycles. The Morgan fingerprint density at radius 1 is 1.16 bits per heavy atom. The molecule has 1 saturated heterocycles. The molecule has 4 heterocycles. The van der Waals surface area contributed by atoms with Gasteiger partial charge in [-0.25, -0.2) is 41.9 Å². The van der Waals surface area contributed by atoms with Gasteiger partial charge in [-0.05, 0) is 24.8 Å². The van der Waals surface area contributed by atoms with E-state index in [1.807, 2.05) is 4.90 Å². The van der Waals surface area contributed by atoms with Crippen molar-refractivity contribution in [3.05, 3.63) is 36.5 Å². The number of hydrogen-bond donors (Lipinski definition) is 1. The number of rotatable bonds is 5. The molecule has 12 heteroatoms. The number of nitrogens with zero attached hydrogens (tertiary/aromatic N) is 6. The lowest BCUT2D eigenvalue weighted by Crippen LogP contribution is -2.42. The predicted molar refractivity (Wildman–Crippen MR) is 111 cm³/mol. The van der Waals surface area contributed by atoms with Crippen LogP contribution in [0.4, 0.5) is 14.6 Å². The Morgan fingerprint density at radius 2 is 1.97 bits per heavy atom. The molecular formula is C19H23F2N7O2S. The predicted octanol–water partition coefficient (Wildman–Crippen LogP) is 2.28. The molecule has 0 spiro atoms.